The molecule has 0 fully saturated rings. The number of para-hydroxylation sites is 1. The standard InChI is InChI=1S/C30H27N3.C3H6/c1-30(2,3)26-20-18-25(19-21-26)29-32-31-28(33(29)27-12-8-5-9-13-27)24-16-14-23(15-17-24)22-10-6-4-7-11-22;1-3-2/h4-21H,1-3H3;3H,1H2,2H3. The van der Waals surface area contributed by atoms with Crippen molar-refractivity contribution in [1.29, 1.82) is 0 Å². The van der Waals surface area contributed by atoms with Gasteiger partial charge in [-0.3, -0.25) is 4.57 Å². The number of nitrogens with zero attached hydrogens (tertiary/aromatic N) is 3. The van der Waals surface area contributed by atoms with Crippen molar-refractivity contribution >= 4 is 0 Å². The molecular formula is C33H33N3. The summed E-state index contributed by atoms with van der Waals surface area (Å²) in [5.74, 6) is 1.67. The number of hydrogen-bond acceptors (Lipinski definition) is 2. The first-order chi connectivity index (χ1) is 17.4. The van der Waals surface area contributed by atoms with Crippen molar-refractivity contribution in [3.63, 3.8) is 0 Å². The highest BCUT2D eigenvalue weighted by Crippen LogP contribution is 2.31. The fraction of sp³-hybridized carbons (Fsp3) is 0.152. The molecule has 5 rings (SSSR count). The molecule has 1 aromatic heterocycles. The minimum atomic E-state index is 0.108. The Hall–Kier alpha value is -4.24. The van der Waals surface area contributed by atoms with Crippen molar-refractivity contribution in [2.75, 3.05) is 0 Å². The molecule has 0 aliphatic carbocycles. The molecule has 0 radical (unpaired) electrons. The van der Waals surface area contributed by atoms with Gasteiger partial charge < -0.3 is 0 Å². The molecule has 0 bridgehead atoms. The van der Waals surface area contributed by atoms with Crippen LogP contribution in [-0.2, 0) is 5.41 Å². The fourth-order valence-corrected chi connectivity index (χ4v) is 4.04. The molecule has 0 aliphatic heterocycles. The second kappa shape index (κ2) is 11.0. The summed E-state index contributed by atoms with van der Waals surface area (Å²) >= 11 is 0. The van der Waals surface area contributed by atoms with Crippen LogP contribution in [0.5, 0.6) is 0 Å². The highest BCUT2D eigenvalue weighted by molar-refractivity contribution is 5.71. The highest BCUT2D eigenvalue weighted by atomic mass is 15.3. The third-order valence-electron chi connectivity index (χ3n) is 5.94. The summed E-state index contributed by atoms with van der Waals surface area (Å²) in [5.41, 5.74) is 6.91. The van der Waals surface area contributed by atoms with Gasteiger partial charge in [-0.15, -0.1) is 16.8 Å². The summed E-state index contributed by atoms with van der Waals surface area (Å²) in [6, 6.07) is 37.9. The van der Waals surface area contributed by atoms with Gasteiger partial charge in [0.1, 0.15) is 0 Å². The van der Waals surface area contributed by atoms with E-state index in [0.29, 0.717) is 0 Å². The lowest BCUT2D eigenvalue weighted by Gasteiger charge is -2.19. The van der Waals surface area contributed by atoms with E-state index in [2.05, 4.69) is 127 Å². The normalized spacial score (nSPS) is 10.9. The zero-order valence-electron chi connectivity index (χ0n) is 21.5. The monoisotopic (exact) mass is 471 g/mol. The van der Waals surface area contributed by atoms with Gasteiger partial charge in [0.15, 0.2) is 11.6 Å². The number of aromatic nitrogens is 3. The van der Waals surface area contributed by atoms with Crippen LogP contribution in [0.3, 0.4) is 0 Å². The fourth-order valence-electron chi connectivity index (χ4n) is 4.04. The smallest absolute Gasteiger partial charge is 0.168 e. The van der Waals surface area contributed by atoms with E-state index >= 15 is 0 Å². The lowest BCUT2D eigenvalue weighted by Crippen LogP contribution is -2.10. The summed E-state index contributed by atoms with van der Waals surface area (Å²) in [5, 5.41) is 9.25. The molecule has 0 unspecified atom stereocenters. The van der Waals surface area contributed by atoms with Crippen LogP contribution in [-0.4, -0.2) is 14.8 Å². The highest BCUT2D eigenvalue weighted by Gasteiger charge is 2.19. The Balaban J connectivity index is 0.000000967. The van der Waals surface area contributed by atoms with Crippen LogP contribution >= 0.6 is 0 Å². The van der Waals surface area contributed by atoms with Crippen molar-refractivity contribution in [1.82, 2.24) is 14.8 Å². The van der Waals surface area contributed by atoms with Crippen LogP contribution in [0.2, 0.25) is 0 Å². The van der Waals surface area contributed by atoms with Crippen molar-refractivity contribution in [2.24, 2.45) is 0 Å². The Morgan fingerprint density at radius 1 is 0.583 bits per heavy atom. The van der Waals surface area contributed by atoms with E-state index in [1.165, 1.54) is 16.7 Å². The summed E-state index contributed by atoms with van der Waals surface area (Å²) < 4.78 is 2.14. The van der Waals surface area contributed by atoms with Crippen molar-refractivity contribution in [2.45, 2.75) is 33.1 Å². The molecule has 1 heterocycles. The third kappa shape index (κ3) is 5.52. The van der Waals surface area contributed by atoms with Crippen LogP contribution in [0.4, 0.5) is 0 Å². The van der Waals surface area contributed by atoms with E-state index in [1.807, 2.05) is 31.2 Å². The summed E-state index contributed by atoms with van der Waals surface area (Å²) in [7, 11) is 0. The summed E-state index contributed by atoms with van der Waals surface area (Å²) in [6.45, 7) is 11.9. The molecule has 0 spiro atoms. The molecule has 3 heteroatoms. The van der Waals surface area contributed by atoms with Gasteiger partial charge in [0.25, 0.3) is 0 Å². The van der Waals surface area contributed by atoms with Crippen LogP contribution in [0.15, 0.2) is 122 Å². The van der Waals surface area contributed by atoms with Gasteiger partial charge in [-0.1, -0.05) is 124 Å². The lowest BCUT2D eigenvalue weighted by atomic mass is 9.86. The van der Waals surface area contributed by atoms with E-state index in [1.54, 1.807) is 6.08 Å². The molecule has 0 N–H and O–H groups in total. The molecule has 0 atom stereocenters. The van der Waals surface area contributed by atoms with Crippen molar-refractivity contribution in [3.05, 3.63) is 127 Å². The maximum Gasteiger partial charge on any atom is 0.168 e. The number of allylic oxidation sites excluding steroid dienone is 1. The molecule has 180 valence electrons. The minimum Gasteiger partial charge on any atom is -0.275 e. The summed E-state index contributed by atoms with van der Waals surface area (Å²) in [6.07, 6.45) is 1.75. The number of hydrogen-bond donors (Lipinski definition) is 0. The van der Waals surface area contributed by atoms with Gasteiger partial charge in [-0.05, 0) is 41.2 Å². The molecule has 0 aliphatic rings. The Kier molecular flexibility index (Phi) is 7.60. The van der Waals surface area contributed by atoms with Gasteiger partial charge in [0.2, 0.25) is 0 Å². The quantitative estimate of drug-likeness (QED) is 0.245. The van der Waals surface area contributed by atoms with E-state index in [9.17, 15) is 0 Å². The van der Waals surface area contributed by atoms with Gasteiger partial charge >= 0.3 is 0 Å². The topological polar surface area (TPSA) is 30.7 Å². The van der Waals surface area contributed by atoms with Gasteiger partial charge in [-0.25, -0.2) is 0 Å². The summed E-state index contributed by atoms with van der Waals surface area (Å²) in [4.78, 5) is 0. The van der Waals surface area contributed by atoms with E-state index in [0.717, 1.165) is 28.5 Å². The first kappa shape index (κ1) is 24.9. The lowest BCUT2D eigenvalue weighted by molar-refractivity contribution is 0.590. The maximum absolute atomic E-state index is 4.63. The van der Waals surface area contributed by atoms with Gasteiger partial charge in [0, 0.05) is 16.8 Å². The van der Waals surface area contributed by atoms with Crippen molar-refractivity contribution in [3.8, 4) is 39.6 Å². The average molecular weight is 472 g/mol. The zero-order valence-corrected chi connectivity index (χ0v) is 21.5. The van der Waals surface area contributed by atoms with Gasteiger partial charge in [0.05, 0.1) is 0 Å². The molecule has 36 heavy (non-hydrogen) atoms. The molecule has 0 amide bonds. The van der Waals surface area contributed by atoms with E-state index < -0.39 is 0 Å². The van der Waals surface area contributed by atoms with Crippen LogP contribution < -0.4 is 0 Å². The Bertz CT molecular complexity index is 1390. The SMILES string of the molecule is C=CC.CC(C)(C)c1ccc(-c2nnc(-c3ccc(-c4ccccc4)cc3)n2-c2ccccc2)cc1. The van der Waals surface area contributed by atoms with Crippen LogP contribution in [0.25, 0.3) is 39.6 Å². The first-order valence-corrected chi connectivity index (χ1v) is 12.3. The Labute approximate surface area is 214 Å². The second-order valence-corrected chi connectivity index (χ2v) is 9.70. The van der Waals surface area contributed by atoms with E-state index in [4.69, 9.17) is 0 Å². The number of benzene rings is 4. The zero-order chi connectivity index (χ0) is 25.5. The molecule has 4 aromatic carbocycles. The molecular weight excluding hydrogens is 438 g/mol. The molecule has 0 saturated carbocycles. The second-order valence-electron chi connectivity index (χ2n) is 9.70. The molecule has 0 saturated heterocycles. The van der Waals surface area contributed by atoms with Gasteiger partial charge in [-0.2, -0.15) is 0 Å². The third-order valence-corrected chi connectivity index (χ3v) is 5.94. The van der Waals surface area contributed by atoms with Crippen LogP contribution in [0.1, 0.15) is 33.3 Å². The number of rotatable bonds is 4. The molecule has 3 nitrogen and oxygen atoms in total. The maximum atomic E-state index is 4.63. The Morgan fingerprint density at radius 3 is 1.44 bits per heavy atom. The van der Waals surface area contributed by atoms with Crippen LogP contribution in [0, 0.1) is 0 Å². The Morgan fingerprint density at radius 2 is 0.972 bits per heavy atom. The average Bonchev–Trinajstić information content (AvgIpc) is 3.35. The predicted octanol–water partition coefficient (Wildman–Crippen LogP) is 8.76. The first-order valence-electron chi connectivity index (χ1n) is 12.3. The largest absolute Gasteiger partial charge is 0.275 e. The molecule has 5 aromatic rings. The minimum absolute atomic E-state index is 0.108. The van der Waals surface area contributed by atoms with Crippen molar-refractivity contribution < 1.29 is 0 Å². The predicted molar refractivity (Wildman–Crippen MR) is 152 cm³/mol. The van der Waals surface area contributed by atoms with E-state index in [-0.39, 0.29) is 5.41 Å².